The third-order valence-electron chi connectivity index (χ3n) is 6.17. The Morgan fingerprint density at radius 2 is 1.80 bits per heavy atom. The van der Waals surface area contributed by atoms with Crippen LogP contribution in [0.2, 0.25) is 0 Å². The number of hydrogen-bond acceptors (Lipinski definition) is 6. The smallest absolute Gasteiger partial charge is 0.231 e. The van der Waals surface area contributed by atoms with Crippen molar-refractivity contribution in [3.05, 3.63) is 46.5 Å². The highest BCUT2D eigenvalue weighted by molar-refractivity contribution is 6.13. The molecule has 1 saturated heterocycles. The predicted molar refractivity (Wildman–Crippen MR) is 84.3 cm³/mol. The minimum absolute atomic E-state index is 0.0354. The molecule has 0 bridgehead atoms. The first-order valence-electron chi connectivity index (χ1n) is 8.47. The lowest BCUT2D eigenvalue weighted by Gasteiger charge is -2.25. The first-order valence-corrected chi connectivity index (χ1v) is 8.47. The maximum atomic E-state index is 13.4. The Bertz CT molecular complexity index is 1020. The van der Waals surface area contributed by atoms with Crippen molar-refractivity contribution in [3.63, 3.8) is 0 Å². The molecule has 0 N–H and O–H groups in total. The fraction of sp³-hybridized carbons (Fsp3) is 0.316. The van der Waals surface area contributed by atoms with Gasteiger partial charge in [0.15, 0.2) is 28.8 Å². The van der Waals surface area contributed by atoms with Gasteiger partial charge in [-0.05, 0) is 41.8 Å². The molecule has 6 heteroatoms. The molecule has 0 saturated carbocycles. The Balaban J connectivity index is 1.49. The average Bonchev–Trinajstić information content (AvgIpc) is 3.00. The average molecular weight is 335 g/mol. The van der Waals surface area contributed by atoms with Gasteiger partial charge in [-0.1, -0.05) is 0 Å². The molecule has 4 heterocycles. The van der Waals surface area contributed by atoms with Crippen LogP contribution in [0.15, 0.2) is 24.3 Å². The number of fused-ring (bicyclic) bond motifs is 7. The molecule has 1 spiro atoms. The Hall–Kier alpha value is -2.73. The minimum Gasteiger partial charge on any atom is -0.454 e. The van der Waals surface area contributed by atoms with Crippen LogP contribution in [-0.2, 0) is 12.0 Å². The standard InChI is InChI=1S/C19H13NO5/c21-18-10-1-2-12-16(25-8-22-12)15(10)17-19(18)11-6-14-13(23-7-24-14)5-9(11)3-4-20(17)19/h1-2,5-6,17H,3-4,7-8H2. The molecule has 0 amide bonds. The third-order valence-corrected chi connectivity index (χ3v) is 6.17. The number of ketones is 1. The summed E-state index contributed by atoms with van der Waals surface area (Å²) in [5.41, 5.74) is 3.39. The van der Waals surface area contributed by atoms with Gasteiger partial charge >= 0.3 is 0 Å². The van der Waals surface area contributed by atoms with Crippen molar-refractivity contribution < 1.29 is 23.7 Å². The van der Waals surface area contributed by atoms with E-state index < -0.39 is 5.54 Å². The monoisotopic (exact) mass is 335 g/mol. The van der Waals surface area contributed by atoms with Crippen molar-refractivity contribution in [3.8, 4) is 23.0 Å². The Morgan fingerprint density at radius 3 is 2.72 bits per heavy atom. The van der Waals surface area contributed by atoms with E-state index in [9.17, 15) is 4.79 Å². The normalized spacial score (nSPS) is 31.3. The van der Waals surface area contributed by atoms with E-state index in [0.29, 0.717) is 0 Å². The van der Waals surface area contributed by atoms with Crippen LogP contribution in [0.5, 0.6) is 23.0 Å². The van der Waals surface area contributed by atoms with Crippen molar-refractivity contribution in [2.75, 3.05) is 20.1 Å². The zero-order chi connectivity index (χ0) is 16.3. The molecule has 4 aliphatic heterocycles. The van der Waals surface area contributed by atoms with Crippen LogP contribution in [0, 0.1) is 0 Å². The first-order chi connectivity index (χ1) is 12.3. The number of hydrogen-bond donors (Lipinski definition) is 0. The molecule has 0 radical (unpaired) electrons. The second kappa shape index (κ2) is 3.75. The van der Waals surface area contributed by atoms with Crippen LogP contribution in [0.3, 0.4) is 0 Å². The van der Waals surface area contributed by atoms with E-state index in [1.54, 1.807) is 0 Å². The van der Waals surface area contributed by atoms with E-state index in [4.69, 9.17) is 18.9 Å². The zero-order valence-electron chi connectivity index (χ0n) is 13.2. The van der Waals surface area contributed by atoms with E-state index in [2.05, 4.69) is 4.90 Å². The summed E-state index contributed by atoms with van der Waals surface area (Å²) < 4.78 is 22.3. The molecular formula is C19H13NO5. The lowest BCUT2D eigenvalue weighted by atomic mass is 9.86. The van der Waals surface area contributed by atoms with E-state index in [0.717, 1.165) is 52.7 Å². The van der Waals surface area contributed by atoms with Gasteiger partial charge in [-0.3, -0.25) is 9.69 Å². The van der Waals surface area contributed by atoms with Gasteiger partial charge < -0.3 is 18.9 Å². The molecule has 1 fully saturated rings. The van der Waals surface area contributed by atoms with E-state index in [1.807, 2.05) is 24.3 Å². The first kappa shape index (κ1) is 12.6. The molecule has 0 aromatic heterocycles. The Labute approximate surface area is 142 Å². The van der Waals surface area contributed by atoms with Gasteiger partial charge in [0.05, 0.1) is 6.04 Å². The molecule has 25 heavy (non-hydrogen) atoms. The molecule has 2 aromatic carbocycles. The molecule has 3 unspecified atom stereocenters. The highest BCUT2D eigenvalue weighted by Crippen LogP contribution is 2.71. The molecule has 124 valence electrons. The number of carbonyl (C=O) groups is 1. The van der Waals surface area contributed by atoms with Crippen LogP contribution < -0.4 is 18.9 Å². The second-order valence-electron chi connectivity index (χ2n) is 7.06. The van der Waals surface area contributed by atoms with Gasteiger partial charge in [0, 0.05) is 17.7 Å². The maximum Gasteiger partial charge on any atom is 0.231 e. The van der Waals surface area contributed by atoms with Gasteiger partial charge in [-0.15, -0.1) is 0 Å². The SMILES string of the molecule is O=C1c2ccc3c(c2C2N4CCc5cc6c(cc5C124)OCO6)OCO3. The molecule has 5 aliphatic rings. The van der Waals surface area contributed by atoms with Crippen LogP contribution in [-0.4, -0.2) is 30.8 Å². The third kappa shape index (κ3) is 1.20. The van der Waals surface area contributed by atoms with Crippen molar-refractivity contribution in [2.24, 2.45) is 0 Å². The van der Waals surface area contributed by atoms with Crippen molar-refractivity contribution in [1.29, 1.82) is 0 Å². The summed E-state index contributed by atoms with van der Waals surface area (Å²) in [7, 11) is 0. The summed E-state index contributed by atoms with van der Waals surface area (Å²) in [6, 6.07) is 7.80. The second-order valence-corrected chi connectivity index (χ2v) is 7.06. The quantitative estimate of drug-likeness (QED) is 0.688. The highest BCUT2D eigenvalue weighted by atomic mass is 16.7. The number of benzene rings is 2. The van der Waals surface area contributed by atoms with Crippen LogP contribution in [0.25, 0.3) is 0 Å². The predicted octanol–water partition coefficient (Wildman–Crippen LogP) is 2.15. The number of nitrogens with zero attached hydrogens (tertiary/aromatic N) is 1. The van der Waals surface area contributed by atoms with Crippen molar-refractivity contribution in [2.45, 2.75) is 18.0 Å². The van der Waals surface area contributed by atoms with E-state index >= 15 is 0 Å². The molecule has 1 aliphatic carbocycles. The number of ether oxygens (including phenoxy) is 4. The van der Waals surface area contributed by atoms with Gasteiger partial charge in [0.2, 0.25) is 13.6 Å². The lowest BCUT2D eigenvalue weighted by Crippen LogP contribution is -2.32. The summed E-state index contributed by atoms with van der Waals surface area (Å²) in [5.74, 6) is 3.14. The summed E-state index contributed by atoms with van der Waals surface area (Å²) >= 11 is 0. The van der Waals surface area contributed by atoms with E-state index in [-0.39, 0.29) is 25.4 Å². The summed E-state index contributed by atoms with van der Waals surface area (Å²) in [4.78, 5) is 15.7. The molecule has 6 nitrogen and oxygen atoms in total. The lowest BCUT2D eigenvalue weighted by molar-refractivity contribution is 0.0912. The minimum atomic E-state index is -0.599. The maximum absolute atomic E-state index is 13.4. The fourth-order valence-electron chi connectivity index (χ4n) is 5.15. The summed E-state index contributed by atoms with van der Waals surface area (Å²) in [6.07, 6.45) is 0.902. The largest absolute Gasteiger partial charge is 0.454 e. The molecule has 2 aromatic rings. The topological polar surface area (TPSA) is 57.0 Å². The van der Waals surface area contributed by atoms with Crippen LogP contribution in [0.4, 0.5) is 0 Å². The molecule has 3 atom stereocenters. The molecular weight excluding hydrogens is 322 g/mol. The van der Waals surface area contributed by atoms with E-state index in [1.165, 1.54) is 5.56 Å². The highest BCUT2D eigenvalue weighted by Gasteiger charge is 2.76. The van der Waals surface area contributed by atoms with Gasteiger partial charge in [0.25, 0.3) is 0 Å². The summed E-state index contributed by atoms with van der Waals surface area (Å²) in [5, 5.41) is 0. The summed E-state index contributed by atoms with van der Waals surface area (Å²) in [6.45, 7) is 1.31. The number of Topliss-reactive ketones (excluding diaryl/α,β-unsaturated/α-hetero) is 1. The van der Waals surface area contributed by atoms with Crippen LogP contribution >= 0.6 is 0 Å². The van der Waals surface area contributed by atoms with Gasteiger partial charge in [-0.25, -0.2) is 0 Å². The van der Waals surface area contributed by atoms with Crippen molar-refractivity contribution in [1.82, 2.24) is 4.90 Å². The zero-order valence-corrected chi connectivity index (χ0v) is 13.2. The Morgan fingerprint density at radius 1 is 1.00 bits per heavy atom. The molecule has 7 rings (SSSR count). The van der Waals surface area contributed by atoms with Gasteiger partial charge in [-0.2, -0.15) is 0 Å². The fourth-order valence-corrected chi connectivity index (χ4v) is 5.15. The number of carbonyl (C=O) groups excluding carboxylic acids is 1. The van der Waals surface area contributed by atoms with Crippen LogP contribution in [0.1, 0.15) is 33.1 Å². The number of rotatable bonds is 0. The van der Waals surface area contributed by atoms with Crippen molar-refractivity contribution >= 4 is 5.78 Å². The Kier molecular flexibility index (Phi) is 1.89. The van der Waals surface area contributed by atoms with Gasteiger partial charge in [0.1, 0.15) is 5.54 Å².